The van der Waals surface area contributed by atoms with E-state index in [1.807, 2.05) is 13.8 Å². The van der Waals surface area contributed by atoms with Crippen LogP contribution in [0.25, 0.3) is 11.1 Å². The standard InChI is InChI=1S/C25H31FN2O3S/c1-18(2)24(25(29)27-17-16-19-6-4-3-5-7-19)28-32(30,31)23-14-10-21(11-15-23)20-8-12-22(26)13-9-20/h6,8-15,18,24,28H,3-5,7,16-17H2,1-2H3,(H,27,29). The maximum Gasteiger partial charge on any atom is 0.241 e. The number of benzene rings is 2. The second kappa shape index (κ2) is 10.9. The predicted octanol–water partition coefficient (Wildman–Crippen LogP) is 4.80. The van der Waals surface area contributed by atoms with Crippen molar-refractivity contribution in [2.24, 2.45) is 5.92 Å². The number of hydrogen-bond acceptors (Lipinski definition) is 3. The van der Waals surface area contributed by atoms with E-state index in [-0.39, 0.29) is 22.5 Å². The van der Waals surface area contributed by atoms with Crippen LogP contribution >= 0.6 is 0 Å². The first-order chi connectivity index (χ1) is 15.3. The van der Waals surface area contributed by atoms with E-state index in [9.17, 15) is 17.6 Å². The molecule has 1 atom stereocenters. The van der Waals surface area contributed by atoms with E-state index < -0.39 is 16.1 Å². The lowest BCUT2D eigenvalue weighted by Gasteiger charge is -2.22. The van der Waals surface area contributed by atoms with Gasteiger partial charge in [-0.2, -0.15) is 4.72 Å². The number of allylic oxidation sites excluding steroid dienone is 1. The SMILES string of the molecule is CC(C)C(NS(=O)(=O)c1ccc(-c2ccc(F)cc2)cc1)C(=O)NCCC1=CCCCC1. The van der Waals surface area contributed by atoms with Gasteiger partial charge in [-0.25, -0.2) is 12.8 Å². The summed E-state index contributed by atoms with van der Waals surface area (Å²) in [4.78, 5) is 12.8. The Hall–Kier alpha value is -2.51. The molecular weight excluding hydrogens is 427 g/mol. The van der Waals surface area contributed by atoms with Crippen molar-refractivity contribution in [3.63, 3.8) is 0 Å². The minimum Gasteiger partial charge on any atom is -0.354 e. The Bertz CT molecular complexity index is 1050. The van der Waals surface area contributed by atoms with E-state index >= 15 is 0 Å². The van der Waals surface area contributed by atoms with Gasteiger partial charge in [0, 0.05) is 6.54 Å². The highest BCUT2D eigenvalue weighted by Gasteiger charge is 2.28. The molecule has 3 rings (SSSR count). The molecule has 2 aromatic rings. The smallest absolute Gasteiger partial charge is 0.241 e. The first-order valence-corrected chi connectivity index (χ1v) is 12.6. The highest BCUT2D eigenvalue weighted by molar-refractivity contribution is 7.89. The van der Waals surface area contributed by atoms with Crippen LogP contribution < -0.4 is 10.0 Å². The molecule has 0 radical (unpaired) electrons. The number of amides is 1. The molecular formula is C25H31FN2O3S. The third kappa shape index (κ3) is 6.50. The van der Waals surface area contributed by atoms with E-state index in [0.29, 0.717) is 6.54 Å². The van der Waals surface area contributed by atoms with Crippen molar-refractivity contribution in [1.29, 1.82) is 0 Å². The second-order valence-corrected chi connectivity index (χ2v) is 10.2. The molecule has 2 N–H and O–H groups in total. The average molecular weight is 459 g/mol. The molecule has 172 valence electrons. The molecule has 0 fully saturated rings. The zero-order valence-electron chi connectivity index (χ0n) is 18.6. The summed E-state index contributed by atoms with van der Waals surface area (Å²) in [5.74, 6) is -0.856. The van der Waals surface area contributed by atoms with E-state index in [2.05, 4.69) is 16.1 Å². The van der Waals surface area contributed by atoms with E-state index in [4.69, 9.17) is 0 Å². The number of nitrogens with one attached hydrogen (secondary N) is 2. The zero-order chi connectivity index (χ0) is 23.1. The summed E-state index contributed by atoms with van der Waals surface area (Å²) in [5.41, 5.74) is 2.93. The van der Waals surface area contributed by atoms with Crippen LogP contribution in [0.1, 0.15) is 46.0 Å². The lowest BCUT2D eigenvalue weighted by Crippen LogP contribution is -2.49. The van der Waals surface area contributed by atoms with Crippen LogP contribution in [0.4, 0.5) is 4.39 Å². The van der Waals surface area contributed by atoms with Crippen LogP contribution in [0.3, 0.4) is 0 Å². The first-order valence-electron chi connectivity index (χ1n) is 11.1. The third-order valence-corrected chi connectivity index (χ3v) is 7.16. The minimum atomic E-state index is -3.88. The van der Waals surface area contributed by atoms with Gasteiger partial charge in [-0.1, -0.05) is 49.8 Å². The highest BCUT2D eigenvalue weighted by atomic mass is 32.2. The fourth-order valence-corrected chi connectivity index (χ4v) is 5.13. The molecule has 0 aliphatic heterocycles. The van der Waals surface area contributed by atoms with Crippen LogP contribution in [0.5, 0.6) is 0 Å². The number of carbonyl (C=O) groups is 1. The summed E-state index contributed by atoms with van der Waals surface area (Å²) in [5, 5.41) is 2.88. The van der Waals surface area contributed by atoms with Gasteiger partial charge < -0.3 is 5.32 Å². The number of halogens is 1. The van der Waals surface area contributed by atoms with Crippen molar-refractivity contribution in [1.82, 2.24) is 10.0 Å². The topological polar surface area (TPSA) is 75.3 Å². The maximum absolute atomic E-state index is 13.1. The Labute approximate surface area is 190 Å². The molecule has 0 aromatic heterocycles. The largest absolute Gasteiger partial charge is 0.354 e. The van der Waals surface area contributed by atoms with E-state index in [0.717, 1.165) is 30.4 Å². The van der Waals surface area contributed by atoms with Gasteiger partial charge in [0.1, 0.15) is 11.9 Å². The summed E-state index contributed by atoms with van der Waals surface area (Å²) < 4.78 is 41.5. The number of rotatable bonds is 9. The Morgan fingerprint density at radius 1 is 1.00 bits per heavy atom. The average Bonchev–Trinajstić information content (AvgIpc) is 2.78. The summed E-state index contributed by atoms with van der Waals surface area (Å²) in [6.07, 6.45) is 7.62. The fraction of sp³-hybridized carbons (Fsp3) is 0.400. The molecule has 0 heterocycles. The molecule has 1 amide bonds. The van der Waals surface area contributed by atoms with E-state index in [1.54, 1.807) is 24.3 Å². The highest BCUT2D eigenvalue weighted by Crippen LogP contribution is 2.22. The summed E-state index contributed by atoms with van der Waals surface area (Å²) in [6.45, 7) is 4.13. The maximum atomic E-state index is 13.1. The number of hydrogen-bond donors (Lipinski definition) is 2. The Kier molecular flexibility index (Phi) is 8.21. The van der Waals surface area contributed by atoms with Crippen LogP contribution in [0.15, 0.2) is 65.1 Å². The lowest BCUT2D eigenvalue weighted by molar-refractivity contribution is -0.123. The summed E-state index contributed by atoms with van der Waals surface area (Å²) >= 11 is 0. The van der Waals surface area contributed by atoms with Gasteiger partial charge in [-0.3, -0.25) is 4.79 Å². The molecule has 1 unspecified atom stereocenters. The van der Waals surface area contributed by atoms with Gasteiger partial charge in [0.2, 0.25) is 15.9 Å². The fourth-order valence-electron chi connectivity index (χ4n) is 3.78. The Morgan fingerprint density at radius 3 is 2.19 bits per heavy atom. The van der Waals surface area contributed by atoms with Crippen molar-refractivity contribution < 1.29 is 17.6 Å². The van der Waals surface area contributed by atoms with Gasteiger partial charge in [0.05, 0.1) is 4.90 Å². The van der Waals surface area contributed by atoms with Gasteiger partial charge in [-0.15, -0.1) is 0 Å². The van der Waals surface area contributed by atoms with Crippen molar-refractivity contribution in [3.05, 3.63) is 66.0 Å². The zero-order valence-corrected chi connectivity index (χ0v) is 19.4. The summed E-state index contributed by atoms with van der Waals surface area (Å²) in [7, 11) is -3.88. The molecule has 0 bridgehead atoms. The monoisotopic (exact) mass is 458 g/mol. The van der Waals surface area contributed by atoms with Gasteiger partial charge in [-0.05, 0) is 73.4 Å². The normalized spacial score (nSPS) is 15.3. The molecule has 32 heavy (non-hydrogen) atoms. The number of carbonyl (C=O) groups excluding carboxylic acids is 1. The first kappa shape index (κ1) is 24.1. The van der Waals surface area contributed by atoms with Gasteiger partial charge >= 0.3 is 0 Å². The van der Waals surface area contributed by atoms with Gasteiger partial charge in [0.15, 0.2) is 0 Å². The Morgan fingerprint density at radius 2 is 1.62 bits per heavy atom. The van der Waals surface area contributed by atoms with Crippen molar-refractivity contribution >= 4 is 15.9 Å². The lowest BCUT2D eigenvalue weighted by atomic mass is 9.97. The van der Waals surface area contributed by atoms with Crippen LogP contribution in [0.2, 0.25) is 0 Å². The molecule has 2 aromatic carbocycles. The molecule has 5 nitrogen and oxygen atoms in total. The quantitative estimate of drug-likeness (QED) is 0.530. The Balaban J connectivity index is 1.64. The van der Waals surface area contributed by atoms with Crippen LogP contribution in [-0.4, -0.2) is 26.9 Å². The summed E-state index contributed by atoms with van der Waals surface area (Å²) in [6, 6.07) is 11.5. The van der Waals surface area contributed by atoms with Crippen LogP contribution in [-0.2, 0) is 14.8 Å². The minimum absolute atomic E-state index is 0.0779. The van der Waals surface area contributed by atoms with Crippen molar-refractivity contribution in [2.45, 2.75) is 56.9 Å². The molecule has 0 spiro atoms. The molecule has 7 heteroatoms. The number of sulfonamides is 1. The molecule has 1 aliphatic rings. The molecule has 1 aliphatic carbocycles. The van der Waals surface area contributed by atoms with Crippen LogP contribution in [0, 0.1) is 11.7 Å². The van der Waals surface area contributed by atoms with Gasteiger partial charge in [0.25, 0.3) is 0 Å². The third-order valence-electron chi connectivity index (χ3n) is 5.70. The predicted molar refractivity (Wildman–Crippen MR) is 125 cm³/mol. The molecule has 0 saturated heterocycles. The van der Waals surface area contributed by atoms with Crippen molar-refractivity contribution in [3.8, 4) is 11.1 Å². The van der Waals surface area contributed by atoms with Crippen molar-refractivity contribution in [2.75, 3.05) is 6.54 Å². The molecule has 0 saturated carbocycles. The van der Waals surface area contributed by atoms with E-state index in [1.165, 1.54) is 42.7 Å². The second-order valence-electron chi connectivity index (χ2n) is 8.52.